The average molecular weight is 544 g/mol. The largest absolute Gasteiger partial charge is 0.351 e. The normalized spacial score (nSPS) is 14.6. The molecule has 1 aliphatic carbocycles. The molecule has 8 nitrogen and oxygen atoms in total. The lowest BCUT2D eigenvalue weighted by molar-refractivity contribution is -0.127. The molecule has 1 unspecified atom stereocenters. The summed E-state index contributed by atoms with van der Waals surface area (Å²) in [6, 6.07) is 20.2. The van der Waals surface area contributed by atoms with Crippen LogP contribution in [-0.2, 0) is 16.1 Å². The Morgan fingerprint density at radius 3 is 2.49 bits per heavy atom. The van der Waals surface area contributed by atoms with Gasteiger partial charge in [-0.15, -0.1) is 5.10 Å². The van der Waals surface area contributed by atoms with Crippen LogP contribution in [0, 0.1) is 0 Å². The Bertz CT molecular complexity index is 1490. The highest BCUT2D eigenvalue weighted by Crippen LogP contribution is 2.31. The van der Waals surface area contributed by atoms with E-state index in [1.165, 1.54) is 16.5 Å². The third-order valence-electron chi connectivity index (χ3n) is 7.15. The van der Waals surface area contributed by atoms with Gasteiger partial charge in [0, 0.05) is 22.3 Å². The van der Waals surface area contributed by atoms with Crippen molar-refractivity contribution in [1.82, 2.24) is 20.3 Å². The van der Waals surface area contributed by atoms with Gasteiger partial charge >= 0.3 is 0 Å². The van der Waals surface area contributed by atoms with Crippen molar-refractivity contribution in [3.63, 3.8) is 0 Å². The zero-order valence-electron chi connectivity index (χ0n) is 21.7. The van der Waals surface area contributed by atoms with Gasteiger partial charge in [-0.2, -0.15) is 0 Å². The molecule has 1 aliphatic rings. The number of nitrogens with zero attached hydrogens (tertiary/aromatic N) is 4. The molecule has 1 heterocycles. The molecule has 9 heteroatoms. The average Bonchev–Trinajstić information content (AvgIpc) is 3.35. The van der Waals surface area contributed by atoms with Gasteiger partial charge in [-0.1, -0.05) is 72.5 Å². The third-order valence-corrected chi connectivity index (χ3v) is 7.40. The summed E-state index contributed by atoms with van der Waals surface area (Å²) in [5.41, 5.74) is 2.87. The van der Waals surface area contributed by atoms with Crippen molar-refractivity contribution in [2.75, 3.05) is 4.90 Å². The Morgan fingerprint density at radius 1 is 1.00 bits per heavy atom. The molecule has 1 N–H and O–H groups in total. The monoisotopic (exact) mass is 543 g/mol. The molecule has 1 fully saturated rings. The number of halogens is 1. The molecule has 1 saturated carbocycles. The zero-order valence-corrected chi connectivity index (χ0v) is 22.5. The third kappa shape index (κ3) is 6.01. The summed E-state index contributed by atoms with van der Waals surface area (Å²) < 4.78 is 1.53. The Kier molecular flexibility index (Phi) is 8.02. The number of aromatic nitrogens is 3. The van der Waals surface area contributed by atoms with Crippen LogP contribution in [0.2, 0.25) is 5.02 Å². The molecule has 0 spiro atoms. The first-order chi connectivity index (χ1) is 18.9. The maximum Gasteiger partial charge on any atom is 0.249 e. The van der Waals surface area contributed by atoms with Crippen LogP contribution in [0.3, 0.4) is 0 Å². The van der Waals surface area contributed by atoms with Crippen molar-refractivity contribution in [3.8, 4) is 0 Å². The van der Waals surface area contributed by atoms with Gasteiger partial charge in [-0.25, -0.2) is 4.68 Å². The number of hydrogen-bond donors (Lipinski definition) is 1. The molecule has 0 bridgehead atoms. The van der Waals surface area contributed by atoms with Gasteiger partial charge in [-0.3, -0.25) is 19.3 Å². The summed E-state index contributed by atoms with van der Waals surface area (Å²) in [7, 11) is 0. The predicted molar refractivity (Wildman–Crippen MR) is 151 cm³/mol. The van der Waals surface area contributed by atoms with Gasteiger partial charge < -0.3 is 5.32 Å². The fraction of sp³-hybridized carbons (Fsp3) is 0.300. The smallest absolute Gasteiger partial charge is 0.249 e. The maximum absolute atomic E-state index is 14.2. The highest BCUT2D eigenvalue weighted by atomic mass is 35.5. The van der Waals surface area contributed by atoms with E-state index in [-0.39, 0.29) is 30.2 Å². The van der Waals surface area contributed by atoms with Crippen LogP contribution in [0.15, 0.2) is 72.8 Å². The molecule has 200 valence electrons. The molecule has 1 aromatic heterocycles. The van der Waals surface area contributed by atoms with Gasteiger partial charge in [0.15, 0.2) is 5.78 Å². The van der Waals surface area contributed by atoms with Crippen molar-refractivity contribution in [1.29, 1.82) is 0 Å². The van der Waals surface area contributed by atoms with Crippen LogP contribution in [0.25, 0.3) is 11.0 Å². The Hall–Kier alpha value is -4.04. The van der Waals surface area contributed by atoms with Crippen molar-refractivity contribution in [3.05, 3.63) is 88.9 Å². The molecule has 1 atom stereocenters. The standard InChI is InChI=1S/C30H30ClN5O3/c1-20(37)22-8-7-11-25(18-22)36(28(38)19-35-27-13-6-5-12-26(27)33-34-35)29(21-14-16-23(31)17-15-21)30(39)32-24-9-3-2-4-10-24/h5-8,11-18,24,29H,2-4,9-10,19H2,1H3,(H,32,39). The number of rotatable bonds is 8. The van der Waals surface area contributed by atoms with Crippen LogP contribution < -0.4 is 10.2 Å². The van der Waals surface area contributed by atoms with Crippen LogP contribution >= 0.6 is 11.6 Å². The van der Waals surface area contributed by atoms with E-state index in [0.29, 0.717) is 32.9 Å². The van der Waals surface area contributed by atoms with E-state index in [4.69, 9.17) is 11.6 Å². The second kappa shape index (κ2) is 11.8. The fourth-order valence-electron chi connectivity index (χ4n) is 5.14. The number of carbonyl (C=O) groups is 3. The van der Waals surface area contributed by atoms with Gasteiger partial charge in [0.25, 0.3) is 0 Å². The highest BCUT2D eigenvalue weighted by molar-refractivity contribution is 6.30. The van der Waals surface area contributed by atoms with E-state index in [1.807, 2.05) is 24.3 Å². The van der Waals surface area contributed by atoms with Gasteiger partial charge in [0.05, 0.1) is 5.52 Å². The first-order valence-electron chi connectivity index (χ1n) is 13.2. The lowest BCUT2D eigenvalue weighted by Crippen LogP contribution is -2.48. The lowest BCUT2D eigenvalue weighted by Gasteiger charge is -2.33. The molecule has 0 aliphatic heterocycles. The molecular formula is C30H30ClN5O3. The number of Topliss-reactive ketones (excluding diaryl/α,β-unsaturated/α-hetero) is 1. The second-order valence-corrected chi connectivity index (χ2v) is 10.3. The van der Waals surface area contributed by atoms with E-state index in [2.05, 4.69) is 15.6 Å². The summed E-state index contributed by atoms with van der Waals surface area (Å²) in [5.74, 6) is -0.791. The number of para-hydroxylation sites is 1. The Balaban J connectivity index is 1.59. The number of ketones is 1. The van der Waals surface area contributed by atoms with E-state index < -0.39 is 6.04 Å². The predicted octanol–water partition coefficient (Wildman–Crippen LogP) is 5.51. The maximum atomic E-state index is 14.2. The van der Waals surface area contributed by atoms with Gasteiger partial charge in [0.1, 0.15) is 18.1 Å². The number of benzene rings is 3. The molecule has 2 amide bonds. The number of anilines is 1. The summed E-state index contributed by atoms with van der Waals surface area (Å²) in [5, 5.41) is 12.1. The molecular weight excluding hydrogens is 514 g/mol. The molecule has 39 heavy (non-hydrogen) atoms. The van der Waals surface area contributed by atoms with Crippen molar-refractivity contribution in [2.45, 2.75) is 57.7 Å². The van der Waals surface area contributed by atoms with E-state index in [0.717, 1.165) is 32.1 Å². The minimum absolute atomic E-state index is 0.0424. The van der Waals surface area contributed by atoms with Crippen LogP contribution in [-0.4, -0.2) is 38.6 Å². The molecule has 0 saturated heterocycles. The fourth-order valence-corrected chi connectivity index (χ4v) is 5.27. The number of nitrogens with one attached hydrogen (secondary N) is 1. The highest BCUT2D eigenvalue weighted by Gasteiger charge is 2.34. The van der Waals surface area contributed by atoms with Gasteiger partial charge in [-0.05, 0) is 61.7 Å². The summed E-state index contributed by atoms with van der Waals surface area (Å²) in [4.78, 5) is 41.9. The summed E-state index contributed by atoms with van der Waals surface area (Å²) in [6.07, 6.45) is 5.06. The zero-order chi connectivity index (χ0) is 27.4. The van der Waals surface area contributed by atoms with Crippen molar-refractivity contribution >= 4 is 45.9 Å². The number of fused-ring (bicyclic) bond motifs is 1. The topological polar surface area (TPSA) is 97.2 Å². The SMILES string of the molecule is CC(=O)c1cccc(N(C(=O)Cn2nnc3ccccc32)C(C(=O)NC2CCCCC2)c2ccc(Cl)cc2)c1. The molecule has 4 aromatic rings. The molecule has 3 aromatic carbocycles. The van der Waals surface area contributed by atoms with Crippen molar-refractivity contribution < 1.29 is 14.4 Å². The number of hydrogen-bond acceptors (Lipinski definition) is 5. The quantitative estimate of drug-likeness (QED) is 0.295. The minimum Gasteiger partial charge on any atom is -0.351 e. The second-order valence-electron chi connectivity index (χ2n) is 9.90. The summed E-state index contributed by atoms with van der Waals surface area (Å²) in [6.45, 7) is 1.32. The van der Waals surface area contributed by atoms with E-state index in [9.17, 15) is 14.4 Å². The minimum atomic E-state index is -0.992. The van der Waals surface area contributed by atoms with Crippen LogP contribution in [0.4, 0.5) is 5.69 Å². The van der Waals surface area contributed by atoms with Crippen molar-refractivity contribution in [2.24, 2.45) is 0 Å². The van der Waals surface area contributed by atoms with E-state index >= 15 is 0 Å². The van der Waals surface area contributed by atoms with Crippen LogP contribution in [0.1, 0.15) is 61.0 Å². The van der Waals surface area contributed by atoms with E-state index in [1.54, 1.807) is 48.5 Å². The molecule has 0 radical (unpaired) electrons. The lowest BCUT2D eigenvalue weighted by atomic mass is 9.94. The van der Waals surface area contributed by atoms with Gasteiger partial charge in [0.2, 0.25) is 11.8 Å². The first-order valence-corrected chi connectivity index (χ1v) is 13.6. The Morgan fingerprint density at radius 2 is 1.74 bits per heavy atom. The number of amides is 2. The summed E-state index contributed by atoms with van der Waals surface area (Å²) >= 11 is 6.18. The number of carbonyl (C=O) groups excluding carboxylic acids is 3. The first kappa shape index (κ1) is 26.6. The van der Waals surface area contributed by atoms with Crippen LogP contribution in [0.5, 0.6) is 0 Å². The Labute approximate surface area is 231 Å². The molecule has 5 rings (SSSR count).